The van der Waals surface area contributed by atoms with Crippen LogP contribution in [0.1, 0.15) is 111 Å². The van der Waals surface area contributed by atoms with Gasteiger partial charge in [0, 0.05) is 5.41 Å². The summed E-state index contributed by atoms with van der Waals surface area (Å²) < 4.78 is 25.6. The molecular formula is C22H40N2O3S. The Kier molecular flexibility index (Phi) is 10.6. The number of hydrogen-bond acceptors (Lipinski definition) is 3. The van der Waals surface area contributed by atoms with E-state index in [0.29, 0.717) is 18.8 Å². The van der Waals surface area contributed by atoms with E-state index in [-0.39, 0.29) is 0 Å². The first-order chi connectivity index (χ1) is 13.1. The summed E-state index contributed by atoms with van der Waals surface area (Å²) in [6.07, 6.45) is 14.5. The predicted molar refractivity (Wildman–Crippen MR) is 115 cm³/mol. The molecule has 1 saturated carbocycles. The van der Waals surface area contributed by atoms with Crippen molar-refractivity contribution in [3.05, 3.63) is 5.53 Å². The van der Waals surface area contributed by atoms with Gasteiger partial charge in [-0.2, -0.15) is 0 Å². The molecule has 0 unspecified atom stereocenters. The lowest BCUT2D eigenvalue weighted by Gasteiger charge is -2.27. The second kappa shape index (κ2) is 11.9. The maximum atomic E-state index is 12.8. The van der Waals surface area contributed by atoms with Crippen LogP contribution in [0.2, 0.25) is 0 Å². The molecule has 6 heteroatoms. The molecule has 1 rings (SSSR count). The maximum absolute atomic E-state index is 12.8. The Morgan fingerprint density at radius 3 is 1.89 bits per heavy atom. The topological polar surface area (TPSA) is 87.6 Å². The van der Waals surface area contributed by atoms with Gasteiger partial charge in [0.25, 0.3) is 15.6 Å². The number of sulfone groups is 1. The molecule has 1 aliphatic rings. The average molecular weight is 413 g/mol. The van der Waals surface area contributed by atoms with Crippen molar-refractivity contribution in [3.63, 3.8) is 0 Å². The van der Waals surface area contributed by atoms with Gasteiger partial charge in [-0.05, 0) is 31.6 Å². The molecule has 0 aliphatic heterocycles. The summed E-state index contributed by atoms with van der Waals surface area (Å²) in [6, 6.07) is 0. The highest BCUT2D eigenvalue weighted by Crippen LogP contribution is 2.33. The van der Waals surface area contributed by atoms with Gasteiger partial charge in [0.15, 0.2) is 0 Å². The Balaban J connectivity index is 2.40. The van der Waals surface area contributed by atoms with Crippen LogP contribution in [0.3, 0.4) is 0 Å². The zero-order valence-electron chi connectivity index (χ0n) is 18.4. The van der Waals surface area contributed by atoms with Gasteiger partial charge in [-0.25, -0.2) is 8.42 Å². The summed E-state index contributed by atoms with van der Waals surface area (Å²) in [6.45, 7) is 7.14. The van der Waals surface area contributed by atoms with Crippen molar-refractivity contribution >= 4 is 20.7 Å². The summed E-state index contributed by atoms with van der Waals surface area (Å²) in [4.78, 5) is 15.3. The summed E-state index contributed by atoms with van der Waals surface area (Å²) in [5, 5.41) is -1.26. The summed E-state index contributed by atoms with van der Waals surface area (Å²) >= 11 is 0. The quantitative estimate of drug-likeness (QED) is 0.143. The molecule has 28 heavy (non-hydrogen) atoms. The SMILES string of the molecule is CCCCCCCCCCC1CCC(S(=O)(=O)C(=[N+]=[N-])C(=O)C(C)(C)C)CC1. The van der Waals surface area contributed by atoms with Crippen LogP contribution >= 0.6 is 0 Å². The van der Waals surface area contributed by atoms with Crippen LogP contribution in [0.5, 0.6) is 0 Å². The van der Waals surface area contributed by atoms with Crippen LogP contribution in [-0.4, -0.2) is 29.3 Å². The van der Waals surface area contributed by atoms with E-state index in [2.05, 4.69) is 11.7 Å². The van der Waals surface area contributed by atoms with E-state index in [4.69, 9.17) is 0 Å². The molecule has 162 valence electrons. The summed E-state index contributed by atoms with van der Waals surface area (Å²) in [7, 11) is -3.87. The minimum absolute atomic E-state index is 0.556. The van der Waals surface area contributed by atoms with Crippen molar-refractivity contribution in [2.24, 2.45) is 11.3 Å². The van der Waals surface area contributed by atoms with Crippen LogP contribution in [0, 0.1) is 11.3 Å². The Labute approximate surface area is 172 Å². The zero-order valence-corrected chi connectivity index (χ0v) is 19.2. The van der Waals surface area contributed by atoms with Gasteiger partial charge in [-0.1, -0.05) is 85.5 Å². The van der Waals surface area contributed by atoms with Crippen molar-refractivity contribution in [1.29, 1.82) is 0 Å². The number of hydrogen-bond donors (Lipinski definition) is 0. The van der Waals surface area contributed by atoms with Crippen LogP contribution < -0.4 is 0 Å². The Bertz CT molecular complexity index is 635. The molecule has 1 fully saturated rings. The molecule has 0 aromatic heterocycles. The lowest BCUT2D eigenvalue weighted by Crippen LogP contribution is -2.41. The van der Waals surface area contributed by atoms with Gasteiger partial charge in [-0.3, -0.25) is 4.79 Å². The average Bonchev–Trinajstić information content (AvgIpc) is 2.64. The lowest BCUT2D eigenvalue weighted by molar-refractivity contribution is -0.123. The third kappa shape index (κ3) is 7.79. The highest BCUT2D eigenvalue weighted by atomic mass is 32.2. The van der Waals surface area contributed by atoms with Gasteiger partial charge in [-0.15, -0.1) is 4.79 Å². The maximum Gasteiger partial charge on any atom is 0.448 e. The molecule has 0 N–H and O–H groups in total. The Morgan fingerprint density at radius 2 is 1.43 bits per heavy atom. The Morgan fingerprint density at radius 1 is 0.929 bits per heavy atom. The van der Waals surface area contributed by atoms with Crippen molar-refractivity contribution in [2.45, 2.75) is 116 Å². The van der Waals surface area contributed by atoms with E-state index in [1.54, 1.807) is 20.8 Å². The van der Waals surface area contributed by atoms with E-state index in [1.807, 2.05) is 0 Å². The highest BCUT2D eigenvalue weighted by molar-refractivity contribution is 8.08. The first kappa shape index (κ1) is 25.0. The second-order valence-corrected chi connectivity index (χ2v) is 11.6. The molecule has 0 aromatic carbocycles. The number of carbonyl (C=O) groups excluding carboxylic acids is 1. The number of carbonyl (C=O) groups is 1. The van der Waals surface area contributed by atoms with Crippen LogP contribution in [0.15, 0.2) is 0 Å². The monoisotopic (exact) mass is 412 g/mol. The van der Waals surface area contributed by atoms with E-state index in [0.717, 1.165) is 12.8 Å². The minimum atomic E-state index is -3.87. The zero-order chi connectivity index (χ0) is 21.2. The fraction of sp³-hybridized carbons (Fsp3) is 0.909. The van der Waals surface area contributed by atoms with Crippen molar-refractivity contribution < 1.29 is 18.0 Å². The van der Waals surface area contributed by atoms with E-state index in [9.17, 15) is 18.7 Å². The van der Waals surface area contributed by atoms with Gasteiger partial charge >= 0.3 is 5.04 Å². The fourth-order valence-corrected chi connectivity index (χ4v) is 5.89. The smallest absolute Gasteiger partial charge is 0.360 e. The molecular weight excluding hydrogens is 372 g/mol. The minimum Gasteiger partial charge on any atom is -0.360 e. The number of rotatable bonds is 11. The van der Waals surface area contributed by atoms with E-state index < -0.39 is 31.3 Å². The third-order valence-corrected chi connectivity index (χ3v) is 8.09. The molecule has 0 atom stereocenters. The molecule has 0 spiro atoms. The van der Waals surface area contributed by atoms with Crippen LogP contribution in [-0.2, 0) is 14.6 Å². The fourth-order valence-electron chi connectivity index (χ4n) is 4.01. The predicted octanol–water partition coefficient (Wildman–Crippen LogP) is 5.73. The summed E-state index contributed by atoms with van der Waals surface area (Å²) in [5.41, 5.74) is 8.31. The number of unbranched alkanes of at least 4 members (excludes halogenated alkanes) is 7. The standard InChI is InChI=1S/C22H40N2O3S/c1-5-6-7-8-9-10-11-12-13-18-14-16-19(17-15-18)28(26,27)21(24-23)20(25)22(2,3)4/h18-19H,5-17H2,1-4H3. The first-order valence-electron chi connectivity index (χ1n) is 11.1. The molecule has 5 nitrogen and oxygen atoms in total. The third-order valence-electron chi connectivity index (χ3n) is 5.93. The largest absolute Gasteiger partial charge is 0.448 e. The Hall–Kier alpha value is -1.00. The number of Topliss-reactive ketones (excluding diaryl/α,β-unsaturated/α-hetero) is 1. The molecule has 0 amide bonds. The van der Waals surface area contributed by atoms with Gasteiger partial charge < -0.3 is 5.53 Å². The van der Waals surface area contributed by atoms with E-state index >= 15 is 0 Å². The first-order valence-corrected chi connectivity index (χ1v) is 12.7. The second-order valence-electron chi connectivity index (χ2n) is 9.44. The molecule has 0 bridgehead atoms. The number of nitrogens with zero attached hydrogens (tertiary/aromatic N) is 2. The van der Waals surface area contributed by atoms with E-state index in [1.165, 1.54) is 57.8 Å². The normalized spacial score (nSPS) is 20.6. The highest BCUT2D eigenvalue weighted by Gasteiger charge is 2.46. The lowest BCUT2D eigenvalue weighted by atomic mass is 9.85. The number of ketones is 1. The van der Waals surface area contributed by atoms with Gasteiger partial charge in [0.2, 0.25) is 0 Å². The summed E-state index contributed by atoms with van der Waals surface area (Å²) in [5.74, 6) is -0.0320. The van der Waals surface area contributed by atoms with Gasteiger partial charge in [0.05, 0.1) is 5.25 Å². The van der Waals surface area contributed by atoms with Crippen molar-refractivity contribution in [2.75, 3.05) is 0 Å². The van der Waals surface area contributed by atoms with Crippen LogP contribution in [0.4, 0.5) is 0 Å². The van der Waals surface area contributed by atoms with Crippen LogP contribution in [0.25, 0.3) is 5.53 Å². The molecule has 1 aliphatic carbocycles. The van der Waals surface area contributed by atoms with Crippen molar-refractivity contribution in [1.82, 2.24) is 0 Å². The molecule has 0 saturated heterocycles. The van der Waals surface area contributed by atoms with Crippen molar-refractivity contribution in [3.8, 4) is 0 Å². The molecule has 0 heterocycles. The molecule has 0 radical (unpaired) electrons. The van der Waals surface area contributed by atoms with Gasteiger partial charge in [0.1, 0.15) is 0 Å². The molecule has 0 aromatic rings.